The maximum absolute atomic E-state index is 10.2. The van der Waals surface area contributed by atoms with Gasteiger partial charge in [0.1, 0.15) is 0 Å². The molecule has 3 rings (SSSR count). The molecule has 0 amide bonds. The fraction of sp³-hybridized carbons (Fsp3) is 0.368. The van der Waals surface area contributed by atoms with Crippen LogP contribution in [-0.2, 0) is 12.8 Å². The van der Waals surface area contributed by atoms with Crippen molar-refractivity contribution >= 4 is 5.69 Å². The van der Waals surface area contributed by atoms with Crippen LogP contribution in [0.4, 0.5) is 5.69 Å². The van der Waals surface area contributed by atoms with Crippen LogP contribution in [0.1, 0.15) is 23.1 Å². The van der Waals surface area contributed by atoms with E-state index < -0.39 is 0 Å². The number of fused-ring (bicyclic) bond motifs is 2. The molecule has 0 radical (unpaired) electrons. The van der Waals surface area contributed by atoms with Crippen molar-refractivity contribution in [2.75, 3.05) is 18.9 Å². The number of aliphatic hydroxyl groups is 1. The van der Waals surface area contributed by atoms with E-state index in [0.717, 1.165) is 19.3 Å². The first-order valence-corrected chi connectivity index (χ1v) is 8.00. The van der Waals surface area contributed by atoms with Gasteiger partial charge in [-0.25, -0.2) is 0 Å². The molecule has 3 heteroatoms. The summed E-state index contributed by atoms with van der Waals surface area (Å²) in [6.45, 7) is 0.626. The van der Waals surface area contributed by atoms with E-state index in [2.05, 4.69) is 59.2 Å². The summed E-state index contributed by atoms with van der Waals surface area (Å²) >= 11 is 0. The van der Waals surface area contributed by atoms with Gasteiger partial charge < -0.3 is 15.7 Å². The third kappa shape index (κ3) is 3.49. The SMILES string of the molecule is CNCC(O)CC1Cc2ccccc2Cc2ccccc2N1. The summed E-state index contributed by atoms with van der Waals surface area (Å²) in [6, 6.07) is 17.4. The van der Waals surface area contributed by atoms with Crippen molar-refractivity contribution in [1.29, 1.82) is 0 Å². The van der Waals surface area contributed by atoms with E-state index in [0.29, 0.717) is 6.54 Å². The Morgan fingerprint density at radius 3 is 2.55 bits per heavy atom. The van der Waals surface area contributed by atoms with Crippen LogP contribution in [-0.4, -0.2) is 30.8 Å². The molecule has 0 aromatic heterocycles. The van der Waals surface area contributed by atoms with Crippen LogP contribution >= 0.6 is 0 Å². The van der Waals surface area contributed by atoms with Crippen LogP contribution in [0.25, 0.3) is 0 Å². The number of para-hydroxylation sites is 1. The van der Waals surface area contributed by atoms with E-state index in [1.54, 1.807) is 0 Å². The number of rotatable bonds is 4. The minimum atomic E-state index is -0.332. The van der Waals surface area contributed by atoms with Crippen molar-refractivity contribution in [2.45, 2.75) is 31.4 Å². The van der Waals surface area contributed by atoms with Gasteiger partial charge in [-0.1, -0.05) is 42.5 Å². The molecule has 2 unspecified atom stereocenters. The maximum atomic E-state index is 10.2. The molecule has 2 atom stereocenters. The van der Waals surface area contributed by atoms with Crippen molar-refractivity contribution in [1.82, 2.24) is 5.32 Å². The second-order valence-electron chi connectivity index (χ2n) is 6.10. The van der Waals surface area contributed by atoms with Gasteiger partial charge in [0, 0.05) is 18.3 Å². The van der Waals surface area contributed by atoms with Gasteiger partial charge in [0.2, 0.25) is 0 Å². The van der Waals surface area contributed by atoms with Crippen molar-refractivity contribution in [2.24, 2.45) is 0 Å². The van der Waals surface area contributed by atoms with E-state index >= 15 is 0 Å². The summed E-state index contributed by atoms with van der Waals surface area (Å²) in [4.78, 5) is 0. The molecule has 22 heavy (non-hydrogen) atoms. The summed E-state index contributed by atoms with van der Waals surface area (Å²) in [7, 11) is 1.87. The standard InChI is InChI=1S/C19H24N2O/c1-20-13-18(22)12-17-11-15-7-3-2-6-14(15)10-16-8-4-5-9-19(16)21-17/h2-9,17-18,20-22H,10-13H2,1H3. The van der Waals surface area contributed by atoms with E-state index in [9.17, 15) is 5.11 Å². The Hall–Kier alpha value is -1.84. The smallest absolute Gasteiger partial charge is 0.0684 e. The lowest BCUT2D eigenvalue weighted by Gasteiger charge is -2.27. The van der Waals surface area contributed by atoms with Crippen molar-refractivity contribution in [3.63, 3.8) is 0 Å². The van der Waals surface area contributed by atoms with E-state index in [4.69, 9.17) is 0 Å². The van der Waals surface area contributed by atoms with Crippen molar-refractivity contribution in [3.8, 4) is 0 Å². The Balaban J connectivity index is 1.90. The number of aliphatic hydroxyl groups excluding tert-OH is 1. The molecule has 0 spiro atoms. The van der Waals surface area contributed by atoms with Crippen LogP contribution in [0.15, 0.2) is 48.5 Å². The molecule has 0 saturated carbocycles. The Labute approximate surface area is 132 Å². The molecule has 2 aromatic carbocycles. The highest BCUT2D eigenvalue weighted by atomic mass is 16.3. The first-order chi connectivity index (χ1) is 10.8. The van der Waals surface area contributed by atoms with Gasteiger partial charge in [-0.15, -0.1) is 0 Å². The quantitative estimate of drug-likeness (QED) is 0.812. The second-order valence-corrected chi connectivity index (χ2v) is 6.10. The first-order valence-electron chi connectivity index (χ1n) is 8.00. The Morgan fingerprint density at radius 2 is 1.77 bits per heavy atom. The largest absolute Gasteiger partial charge is 0.392 e. The zero-order valence-corrected chi connectivity index (χ0v) is 13.0. The van der Waals surface area contributed by atoms with Gasteiger partial charge in [-0.3, -0.25) is 0 Å². The highest BCUT2D eigenvalue weighted by Crippen LogP contribution is 2.27. The lowest BCUT2D eigenvalue weighted by atomic mass is 9.90. The topological polar surface area (TPSA) is 44.3 Å². The average molecular weight is 296 g/mol. The summed E-state index contributed by atoms with van der Waals surface area (Å²) < 4.78 is 0. The minimum absolute atomic E-state index is 0.242. The van der Waals surface area contributed by atoms with Gasteiger partial charge in [0.25, 0.3) is 0 Å². The van der Waals surface area contributed by atoms with Crippen molar-refractivity contribution in [3.05, 3.63) is 65.2 Å². The van der Waals surface area contributed by atoms with Crippen LogP contribution in [0.5, 0.6) is 0 Å². The lowest BCUT2D eigenvalue weighted by molar-refractivity contribution is 0.157. The summed E-state index contributed by atoms with van der Waals surface area (Å²) in [5.41, 5.74) is 5.29. The second kappa shape index (κ2) is 6.95. The van der Waals surface area contributed by atoms with Gasteiger partial charge in [0.15, 0.2) is 0 Å². The Morgan fingerprint density at radius 1 is 1.09 bits per heavy atom. The Bertz CT molecular complexity index is 579. The van der Waals surface area contributed by atoms with Gasteiger partial charge >= 0.3 is 0 Å². The third-order valence-corrected chi connectivity index (χ3v) is 4.34. The molecule has 0 bridgehead atoms. The summed E-state index contributed by atoms with van der Waals surface area (Å²) in [5, 5.41) is 16.8. The van der Waals surface area contributed by atoms with Crippen LogP contribution in [0.3, 0.4) is 0 Å². The third-order valence-electron chi connectivity index (χ3n) is 4.34. The number of hydrogen-bond donors (Lipinski definition) is 3. The molecular formula is C19H24N2O. The van der Waals surface area contributed by atoms with E-state index in [1.807, 2.05) is 7.05 Å². The highest BCUT2D eigenvalue weighted by Gasteiger charge is 2.20. The zero-order chi connectivity index (χ0) is 15.4. The Kier molecular flexibility index (Phi) is 4.76. The maximum Gasteiger partial charge on any atom is 0.0684 e. The van der Waals surface area contributed by atoms with Gasteiger partial charge in [0.05, 0.1) is 6.10 Å². The molecule has 0 fully saturated rings. The molecule has 3 nitrogen and oxygen atoms in total. The molecule has 1 aliphatic rings. The average Bonchev–Trinajstić information content (AvgIpc) is 2.49. The molecule has 3 N–H and O–H groups in total. The van der Waals surface area contributed by atoms with Crippen LogP contribution in [0, 0.1) is 0 Å². The van der Waals surface area contributed by atoms with Crippen LogP contribution in [0.2, 0.25) is 0 Å². The summed E-state index contributed by atoms with van der Waals surface area (Å²) in [5.74, 6) is 0. The normalized spacial score (nSPS) is 18.4. The number of hydrogen-bond acceptors (Lipinski definition) is 3. The number of nitrogens with one attached hydrogen (secondary N) is 2. The van der Waals surface area contributed by atoms with Gasteiger partial charge in [-0.2, -0.15) is 0 Å². The van der Waals surface area contributed by atoms with Crippen LogP contribution < -0.4 is 10.6 Å². The monoisotopic (exact) mass is 296 g/mol. The predicted octanol–water partition coefficient (Wildman–Crippen LogP) is 2.58. The van der Waals surface area contributed by atoms with Gasteiger partial charge in [-0.05, 0) is 49.1 Å². The fourth-order valence-corrected chi connectivity index (χ4v) is 3.28. The highest BCUT2D eigenvalue weighted by molar-refractivity contribution is 5.55. The lowest BCUT2D eigenvalue weighted by Crippen LogP contribution is -2.33. The number of likely N-dealkylation sites (N-methyl/N-ethyl adjacent to an activating group) is 1. The predicted molar refractivity (Wildman–Crippen MR) is 91.4 cm³/mol. The van der Waals surface area contributed by atoms with Crippen molar-refractivity contribution < 1.29 is 5.11 Å². The number of anilines is 1. The molecule has 2 aromatic rings. The van der Waals surface area contributed by atoms with E-state index in [1.165, 1.54) is 22.4 Å². The molecular weight excluding hydrogens is 272 g/mol. The zero-order valence-electron chi connectivity index (χ0n) is 13.0. The molecule has 0 aliphatic carbocycles. The first kappa shape index (κ1) is 15.1. The fourth-order valence-electron chi connectivity index (χ4n) is 3.28. The molecule has 116 valence electrons. The minimum Gasteiger partial charge on any atom is -0.392 e. The van der Waals surface area contributed by atoms with E-state index in [-0.39, 0.29) is 12.1 Å². The summed E-state index contributed by atoms with van der Waals surface area (Å²) in [6.07, 6.45) is 2.32. The molecule has 1 heterocycles. The molecule has 0 saturated heterocycles. The number of benzene rings is 2. The molecule has 1 aliphatic heterocycles.